The van der Waals surface area contributed by atoms with E-state index in [1.807, 2.05) is 36.2 Å². The number of ether oxygens (including phenoxy) is 1. The van der Waals surface area contributed by atoms with Crippen LogP contribution in [0.4, 0.5) is 10.1 Å². The van der Waals surface area contributed by atoms with Crippen molar-refractivity contribution in [3.63, 3.8) is 0 Å². The maximum absolute atomic E-state index is 13.9. The number of benzene rings is 2. The highest BCUT2D eigenvalue weighted by Crippen LogP contribution is 2.30. The highest BCUT2D eigenvalue weighted by molar-refractivity contribution is 5.55. The number of aliphatic hydroxyl groups excluding tert-OH is 1. The summed E-state index contributed by atoms with van der Waals surface area (Å²) in [5, 5.41) is 9.81. The van der Waals surface area contributed by atoms with Crippen molar-refractivity contribution in [3.8, 4) is 5.75 Å². The fourth-order valence-corrected chi connectivity index (χ4v) is 2.45. The molecule has 2 aromatic carbocycles. The summed E-state index contributed by atoms with van der Waals surface area (Å²) >= 11 is 0. The maximum atomic E-state index is 13.9. The molecule has 0 amide bonds. The van der Waals surface area contributed by atoms with Gasteiger partial charge in [-0.1, -0.05) is 24.3 Å². The zero-order valence-corrected chi connectivity index (χ0v) is 12.5. The first-order chi connectivity index (χ1) is 10.0. The van der Waals surface area contributed by atoms with Crippen LogP contribution in [0.5, 0.6) is 5.75 Å². The minimum Gasteiger partial charge on any atom is -0.496 e. The Morgan fingerprint density at radius 2 is 1.90 bits per heavy atom. The Kier molecular flexibility index (Phi) is 4.81. The number of aliphatic hydroxyl groups is 1. The van der Waals surface area contributed by atoms with Gasteiger partial charge >= 0.3 is 0 Å². The number of rotatable bonds is 5. The van der Waals surface area contributed by atoms with Crippen molar-refractivity contribution in [2.75, 3.05) is 19.1 Å². The van der Waals surface area contributed by atoms with Gasteiger partial charge in [-0.25, -0.2) is 4.39 Å². The first kappa shape index (κ1) is 15.3. The molecule has 0 unspecified atom stereocenters. The fourth-order valence-electron chi connectivity index (χ4n) is 2.45. The second kappa shape index (κ2) is 6.59. The minimum absolute atomic E-state index is 0.315. The van der Waals surface area contributed by atoms with Crippen LogP contribution in [0.25, 0.3) is 0 Å². The monoisotopic (exact) mass is 289 g/mol. The lowest BCUT2D eigenvalue weighted by molar-refractivity contribution is 0.194. The van der Waals surface area contributed by atoms with Gasteiger partial charge in [0.15, 0.2) is 0 Å². The van der Waals surface area contributed by atoms with Gasteiger partial charge in [0.25, 0.3) is 0 Å². The molecule has 0 aliphatic carbocycles. The van der Waals surface area contributed by atoms with Crippen LogP contribution in [0, 0.1) is 5.82 Å². The molecule has 0 aliphatic rings. The van der Waals surface area contributed by atoms with Crippen molar-refractivity contribution in [1.29, 1.82) is 0 Å². The number of halogens is 1. The first-order valence-corrected chi connectivity index (χ1v) is 6.84. The average molecular weight is 289 g/mol. The lowest BCUT2D eigenvalue weighted by Gasteiger charge is -2.24. The normalized spacial score (nSPS) is 12.0. The van der Waals surface area contributed by atoms with Gasteiger partial charge in [0.1, 0.15) is 11.6 Å². The van der Waals surface area contributed by atoms with Crippen LogP contribution in [0.1, 0.15) is 24.2 Å². The molecule has 0 aromatic heterocycles. The highest BCUT2D eigenvalue weighted by atomic mass is 19.1. The molecule has 112 valence electrons. The van der Waals surface area contributed by atoms with Crippen LogP contribution >= 0.6 is 0 Å². The van der Waals surface area contributed by atoms with Crippen LogP contribution in [0.15, 0.2) is 42.5 Å². The molecule has 0 saturated carbocycles. The SMILES string of the molecule is COc1ccccc1CN(C)c1cccc(F)c1[C@H](C)O. The molecule has 21 heavy (non-hydrogen) atoms. The topological polar surface area (TPSA) is 32.7 Å². The van der Waals surface area contributed by atoms with E-state index < -0.39 is 11.9 Å². The summed E-state index contributed by atoms with van der Waals surface area (Å²) in [5.41, 5.74) is 1.99. The molecule has 3 nitrogen and oxygen atoms in total. The molecule has 2 aromatic rings. The molecule has 0 bridgehead atoms. The quantitative estimate of drug-likeness (QED) is 0.914. The third-order valence-corrected chi connectivity index (χ3v) is 3.46. The van der Waals surface area contributed by atoms with Crippen molar-refractivity contribution < 1.29 is 14.2 Å². The number of hydrogen-bond acceptors (Lipinski definition) is 3. The Morgan fingerprint density at radius 1 is 1.19 bits per heavy atom. The predicted octanol–water partition coefficient (Wildman–Crippen LogP) is 3.52. The van der Waals surface area contributed by atoms with E-state index in [1.54, 1.807) is 26.2 Å². The average Bonchev–Trinajstić information content (AvgIpc) is 2.47. The Hall–Kier alpha value is -2.07. The van der Waals surface area contributed by atoms with E-state index in [2.05, 4.69) is 0 Å². The molecule has 0 aliphatic heterocycles. The van der Waals surface area contributed by atoms with Gasteiger partial charge in [-0.2, -0.15) is 0 Å². The van der Waals surface area contributed by atoms with E-state index in [1.165, 1.54) is 6.07 Å². The van der Waals surface area contributed by atoms with E-state index >= 15 is 0 Å². The summed E-state index contributed by atoms with van der Waals surface area (Å²) in [6.45, 7) is 2.13. The third-order valence-electron chi connectivity index (χ3n) is 3.46. The van der Waals surface area contributed by atoms with Gasteiger partial charge in [-0.3, -0.25) is 0 Å². The predicted molar refractivity (Wildman–Crippen MR) is 82.1 cm³/mol. The third kappa shape index (κ3) is 3.34. The molecule has 0 radical (unpaired) electrons. The van der Waals surface area contributed by atoms with Crippen molar-refractivity contribution in [2.24, 2.45) is 0 Å². The van der Waals surface area contributed by atoms with Crippen molar-refractivity contribution >= 4 is 5.69 Å². The van der Waals surface area contributed by atoms with Gasteiger partial charge < -0.3 is 14.7 Å². The van der Waals surface area contributed by atoms with Crippen molar-refractivity contribution in [1.82, 2.24) is 0 Å². The maximum Gasteiger partial charge on any atom is 0.131 e. The number of methoxy groups -OCH3 is 1. The molecule has 4 heteroatoms. The molecule has 1 atom stereocenters. The second-order valence-corrected chi connectivity index (χ2v) is 5.02. The van der Waals surface area contributed by atoms with Gasteiger partial charge in [-0.05, 0) is 25.1 Å². The van der Waals surface area contributed by atoms with Gasteiger partial charge in [-0.15, -0.1) is 0 Å². The van der Waals surface area contributed by atoms with Crippen molar-refractivity contribution in [3.05, 3.63) is 59.4 Å². The van der Waals surface area contributed by atoms with Gasteiger partial charge in [0.05, 0.1) is 13.2 Å². The minimum atomic E-state index is -0.860. The zero-order chi connectivity index (χ0) is 15.4. The van der Waals surface area contributed by atoms with Crippen LogP contribution in [0.3, 0.4) is 0 Å². The Morgan fingerprint density at radius 3 is 2.57 bits per heavy atom. The van der Waals surface area contributed by atoms with Gasteiger partial charge in [0, 0.05) is 30.4 Å². The first-order valence-electron chi connectivity index (χ1n) is 6.84. The lowest BCUT2D eigenvalue weighted by Crippen LogP contribution is -2.19. The van der Waals surface area contributed by atoms with E-state index in [9.17, 15) is 9.50 Å². The van der Waals surface area contributed by atoms with Crippen molar-refractivity contribution in [2.45, 2.75) is 19.6 Å². The Bertz CT molecular complexity index is 613. The Balaban J connectivity index is 2.33. The number of hydrogen-bond donors (Lipinski definition) is 1. The van der Waals surface area contributed by atoms with E-state index in [4.69, 9.17) is 4.74 Å². The van der Waals surface area contributed by atoms with Gasteiger partial charge in [0.2, 0.25) is 0 Å². The second-order valence-electron chi connectivity index (χ2n) is 5.02. The molecule has 0 heterocycles. The van der Waals surface area contributed by atoms with Crippen LogP contribution in [-0.4, -0.2) is 19.3 Å². The largest absolute Gasteiger partial charge is 0.496 e. The molecule has 0 spiro atoms. The number of nitrogens with zero attached hydrogens (tertiary/aromatic N) is 1. The van der Waals surface area contributed by atoms with E-state index in [-0.39, 0.29) is 0 Å². The fraction of sp³-hybridized carbons (Fsp3) is 0.294. The lowest BCUT2D eigenvalue weighted by atomic mass is 10.1. The highest BCUT2D eigenvalue weighted by Gasteiger charge is 2.17. The molecule has 0 fully saturated rings. The zero-order valence-electron chi connectivity index (χ0n) is 12.5. The summed E-state index contributed by atoms with van der Waals surface area (Å²) in [6, 6.07) is 12.5. The molecular formula is C17H20FNO2. The standard InChI is InChI=1S/C17H20FNO2/c1-12(20)17-14(18)8-6-9-15(17)19(2)11-13-7-4-5-10-16(13)21-3/h4-10,12,20H,11H2,1-3H3/t12-/m0/s1. The summed E-state index contributed by atoms with van der Waals surface area (Å²) in [7, 11) is 3.50. The summed E-state index contributed by atoms with van der Waals surface area (Å²) < 4.78 is 19.3. The summed E-state index contributed by atoms with van der Waals surface area (Å²) in [6.07, 6.45) is -0.860. The number of anilines is 1. The van der Waals surface area contributed by atoms with E-state index in [0.717, 1.165) is 11.3 Å². The summed E-state index contributed by atoms with van der Waals surface area (Å²) in [5.74, 6) is 0.397. The molecule has 1 N–H and O–H groups in total. The molecule has 0 saturated heterocycles. The van der Waals surface area contributed by atoms with Crippen LogP contribution in [-0.2, 0) is 6.54 Å². The van der Waals surface area contributed by atoms with E-state index in [0.29, 0.717) is 17.8 Å². The molecular weight excluding hydrogens is 269 g/mol. The van der Waals surface area contributed by atoms with Crippen LogP contribution in [0.2, 0.25) is 0 Å². The molecule has 2 rings (SSSR count). The number of para-hydroxylation sites is 1. The smallest absolute Gasteiger partial charge is 0.131 e. The Labute approximate surface area is 124 Å². The van der Waals surface area contributed by atoms with Crippen LogP contribution < -0.4 is 9.64 Å². The summed E-state index contributed by atoms with van der Waals surface area (Å²) in [4.78, 5) is 1.91.